The van der Waals surface area contributed by atoms with Crippen LogP contribution in [-0.4, -0.2) is 26.2 Å². The molecule has 4 rings (SSSR count). The molecular formula is C16H14N4O2. The molecular weight excluding hydrogens is 280 g/mol. The largest absolute Gasteiger partial charge is 0.477 e. The first-order valence-corrected chi connectivity index (χ1v) is 7.09. The fraction of sp³-hybridized carbons (Fsp3) is 0.188. The number of ether oxygens (including phenoxy) is 1. The van der Waals surface area contributed by atoms with Gasteiger partial charge in [0.25, 0.3) is 0 Å². The molecule has 0 fully saturated rings. The molecule has 0 N–H and O–H groups in total. The molecule has 0 unspecified atom stereocenters. The molecule has 0 saturated heterocycles. The summed E-state index contributed by atoms with van der Waals surface area (Å²) in [7, 11) is 0. The van der Waals surface area contributed by atoms with E-state index >= 15 is 0 Å². The van der Waals surface area contributed by atoms with Gasteiger partial charge in [-0.1, -0.05) is 0 Å². The molecule has 22 heavy (non-hydrogen) atoms. The summed E-state index contributed by atoms with van der Waals surface area (Å²) in [5.74, 6) is 1.27. The van der Waals surface area contributed by atoms with Crippen molar-refractivity contribution in [3.05, 3.63) is 42.4 Å². The van der Waals surface area contributed by atoms with Crippen molar-refractivity contribution in [2.45, 2.75) is 13.8 Å². The van der Waals surface area contributed by atoms with Gasteiger partial charge in [0, 0.05) is 12.3 Å². The van der Waals surface area contributed by atoms with Crippen LogP contribution in [0.3, 0.4) is 0 Å². The number of aryl methyl sites for hydroxylation is 1. The zero-order valence-corrected chi connectivity index (χ0v) is 12.3. The Morgan fingerprint density at radius 1 is 1.23 bits per heavy atom. The zero-order valence-electron chi connectivity index (χ0n) is 12.3. The minimum Gasteiger partial charge on any atom is -0.477 e. The topological polar surface area (TPSA) is 65.5 Å². The first-order chi connectivity index (χ1) is 10.8. The molecule has 0 saturated carbocycles. The van der Waals surface area contributed by atoms with E-state index in [-0.39, 0.29) is 0 Å². The molecule has 0 aliphatic carbocycles. The smallest absolute Gasteiger partial charge is 0.224 e. The average molecular weight is 294 g/mol. The van der Waals surface area contributed by atoms with E-state index in [4.69, 9.17) is 9.15 Å². The normalized spacial score (nSPS) is 11.4. The Morgan fingerprint density at radius 3 is 3.00 bits per heavy atom. The van der Waals surface area contributed by atoms with Crippen molar-refractivity contribution in [3.63, 3.8) is 0 Å². The van der Waals surface area contributed by atoms with Gasteiger partial charge < -0.3 is 9.15 Å². The molecule has 4 heterocycles. The van der Waals surface area contributed by atoms with Crippen molar-refractivity contribution in [1.82, 2.24) is 19.6 Å². The number of furan rings is 1. The predicted octanol–water partition coefficient (Wildman–Crippen LogP) is 3.24. The van der Waals surface area contributed by atoms with Gasteiger partial charge in [0.2, 0.25) is 5.88 Å². The average Bonchev–Trinajstić information content (AvgIpc) is 3.11. The van der Waals surface area contributed by atoms with Gasteiger partial charge in [0.15, 0.2) is 11.4 Å². The van der Waals surface area contributed by atoms with Gasteiger partial charge in [-0.15, -0.1) is 0 Å². The van der Waals surface area contributed by atoms with Crippen molar-refractivity contribution < 1.29 is 9.15 Å². The molecule has 0 aromatic carbocycles. The molecule has 0 bridgehead atoms. The lowest BCUT2D eigenvalue weighted by atomic mass is 10.3. The maximum atomic E-state index is 5.93. The van der Waals surface area contributed by atoms with Crippen LogP contribution in [0, 0.1) is 6.92 Å². The fourth-order valence-electron chi connectivity index (χ4n) is 2.45. The molecule has 0 aliphatic rings. The van der Waals surface area contributed by atoms with Crippen LogP contribution >= 0.6 is 0 Å². The van der Waals surface area contributed by atoms with E-state index in [0.29, 0.717) is 18.2 Å². The number of rotatable bonds is 3. The Hall–Kier alpha value is -2.89. The van der Waals surface area contributed by atoms with E-state index in [1.807, 2.05) is 38.1 Å². The Balaban J connectivity index is 1.93. The number of nitrogens with zero attached hydrogens (tertiary/aromatic N) is 4. The van der Waals surface area contributed by atoms with Crippen molar-refractivity contribution in [3.8, 4) is 17.3 Å². The van der Waals surface area contributed by atoms with Crippen LogP contribution in [0.4, 0.5) is 0 Å². The Kier molecular flexibility index (Phi) is 2.82. The summed E-state index contributed by atoms with van der Waals surface area (Å²) in [6, 6.07) is 7.60. The van der Waals surface area contributed by atoms with Gasteiger partial charge in [-0.25, -0.2) is 14.5 Å². The summed E-state index contributed by atoms with van der Waals surface area (Å²) in [5.41, 5.74) is 3.23. The summed E-state index contributed by atoms with van der Waals surface area (Å²) in [4.78, 5) is 8.61. The minimum atomic E-state index is 0.559. The van der Waals surface area contributed by atoms with Crippen LogP contribution in [0.25, 0.3) is 28.1 Å². The molecule has 0 amide bonds. The highest BCUT2D eigenvalue weighted by atomic mass is 16.5. The van der Waals surface area contributed by atoms with Crippen LogP contribution in [-0.2, 0) is 0 Å². The van der Waals surface area contributed by atoms with Gasteiger partial charge >= 0.3 is 0 Å². The first kappa shape index (κ1) is 12.8. The van der Waals surface area contributed by atoms with Crippen LogP contribution in [0.2, 0.25) is 0 Å². The van der Waals surface area contributed by atoms with E-state index in [0.717, 1.165) is 28.0 Å². The minimum absolute atomic E-state index is 0.559. The van der Waals surface area contributed by atoms with Gasteiger partial charge in [0.1, 0.15) is 11.3 Å². The monoisotopic (exact) mass is 294 g/mol. The Bertz CT molecular complexity index is 971. The van der Waals surface area contributed by atoms with Crippen molar-refractivity contribution in [1.29, 1.82) is 0 Å². The standard InChI is InChI=1S/C16H14N4O2/c1-3-21-16-11-8-14(22-13(11)6-7-17-16)12-9-18-15-5-4-10(2)19-20(12)15/h4-9H,3H2,1-2H3. The first-order valence-electron chi connectivity index (χ1n) is 7.09. The van der Waals surface area contributed by atoms with E-state index in [1.54, 1.807) is 16.9 Å². The van der Waals surface area contributed by atoms with Crippen molar-refractivity contribution in [2.24, 2.45) is 0 Å². The number of imidazole rings is 1. The second kappa shape index (κ2) is 4.84. The number of hydrogen-bond donors (Lipinski definition) is 0. The maximum Gasteiger partial charge on any atom is 0.224 e. The van der Waals surface area contributed by atoms with Crippen molar-refractivity contribution in [2.75, 3.05) is 6.61 Å². The number of aromatic nitrogens is 4. The van der Waals surface area contributed by atoms with E-state index < -0.39 is 0 Å². The zero-order chi connectivity index (χ0) is 15.1. The number of fused-ring (bicyclic) bond motifs is 2. The lowest BCUT2D eigenvalue weighted by Gasteiger charge is -2.00. The second-order valence-electron chi connectivity index (χ2n) is 4.96. The molecule has 0 atom stereocenters. The summed E-state index contributed by atoms with van der Waals surface area (Å²) in [6.45, 7) is 4.43. The summed E-state index contributed by atoms with van der Waals surface area (Å²) in [6.07, 6.45) is 3.44. The molecule has 0 radical (unpaired) electrons. The summed E-state index contributed by atoms with van der Waals surface area (Å²) in [5, 5.41) is 5.34. The highest BCUT2D eigenvalue weighted by Gasteiger charge is 2.15. The third-order valence-electron chi connectivity index (χ3n) is 3.44. The predicted molar refractivity (Wildman–Crippen MR) is 81.9 cm³/mol. The quantitative estimate of drug-likeness (QED) is 0.580. The SMILES string of the molecule is CCOc1nccc2oc(-c3cnc4ccc(C)nn34)cc12. The molecule has 6 heteroatoms. The Morgan fingerprint density at radius 2 is 2.14 bits per heavy atom. The number of hydrogen-bond acceptors (Lipinski definition) is 5. The van der Waals surface area contributed by atoms with Crippen LogP contribution in [0.1, 0.15) is 12.6 Å². The lowest BCUT2D eigenvalue weighted by molar-refractivity contribution is 0.331. The molecule has 110 valence electrons. The fourth-order valence-corrected chi connectivity index (χ4v) is 2.45. The third-order valence-corrected chi connectivity index (χ3v) is 3.44. The van der Waals surface area contributed by atoms with Gasteiger partial charge in [0.05, 0.1) is 23.9 Å². The second-order valence-corrected chi connectivity index (χ2v) is 4.96. The van der Waals surface area contributed by atoms with E-state index in [9.17, 15) is 0 Å². The molecule has 4 aromatic heterocycles. The van der Waals surface area contributed by atoms with Gasteiger partial charge in [-0.2, -0.15) is 5.10 Å². The van der Waals surface area contributed by atoms with E-state index in [2.05, 4.69) is 15.1 Å². The molecule has 4 aromatic rings. The summed E-state index contributed by atoms with van der Waals surface area (Å²) >= 11 is 0. The maximum absolute atomic E-state index is 5.93. The van der Waals surface area contributed by atoms with Crippen molar-refractivity contribution >= 4 is 16.6 Å². The molecule has 6 nitrogen and oxygen atoms in total. The van der Waals surface area contributed by atoms with Gasteiger partial charge in [-0.05, 0) is 32.0 Å². The van der Waals surface area contributed by atoms with Crippen LogP contribution in [0.5, 0.6) is 5.88 Å². The molecule has 0 spiro atoms. The highest BCUT2D eigenvalue weighted by Crippen LogP contribution is 2.32. The van der Waals surface area contributed by atoms with Gasteiger partial charge in [-0.3, -0.25) is 0 Å². The van der Waals surface area contributed by atoms with Crippen LogP contribution in [0.15, 0.2) is 41.1 Å². The lowest BCUT2D eigenvalue weighted by Crippen LogP contribution is -1.95. The number of pyridine rings is 1. The van der Waals surface area contributed by atoms with Crippen LogP contribution < -0.4 is 4.74 Å². The Labute approximate surface area is 126 Å². The molecule has 0 aliphatic heterocycles. The summed E-state index contributed by atoms with van der Waals surface area (Å²) < 4.78 is 13.3. The van der Waals surface area contributed by atoms with E-state index in [1.165, 1.54) is 0 Å². The highest BCUT2D eigenvalue weighted by molar-refractivity contribution is 5.86. The third kappa shape index (κ3) is 1.92.